The Morgan fingerprint density at radius 1 is 1.12 bits per heavy atom. The van der Waals surface area contributed by atoms with E-state index in [0.29, 0.717) is 11.4 Å². The van der Waals surface area contributed by atoms with Crippen LogP contribution in [0.2, 0.25) is 0 Å². The van der Waals surface area contributed by atoms with E-state index in [1.54, 1.807) is 0 Å². The molecule has 0 unspecified atom stereocenters. The van der Waals surface area contributed by atoms with Gasteiger partial charge in [0.1, 0.15) is 5.82 Å². The van der Waals surface area contributed by atoms with Crippen molar-refractivity contribution < 1.29 is 9.59 Å². The summed E-state index contributed by atoms with van der Waals surface area (Å²) in [7, 11) is 0. The molecule has 0 aliphatic heterocycles. The van der Waals surface area contributed by atoms with Gasteiger partial charge in [0.15, 0.2) is 0 Å². The third-order valence-corrected chi connectivity index (χ3v) is 3.58. The van der Waals surface area contributed by atoms with E-state index in [-0.39, 0.29) is 24.8 Å². The molecule has 0 saturated carbocycles. The normalized spacial score (nSPS) is 10.3. The lowest BCUT2D eigenvalue weighted by Gasteiger charge is -2.09. The maximum absolute atomic E-state index is 12.0. The summed E-state index contributed by atoms with van der Waals surface area (Å²) in [6.07, 6.45) is 3.92. The number of aromatic nitrogens is 2. The molecule has 6 nitrogen and oxygen atoms in total. The van der Waals surface area contributed by atoms with Gasteiger partial charge in [0.05, 0.1) is 5.56 Å². The topological polar surface area (TPSA) is 84.0 Å². The molecular formula is C18H22N4O2. The van der Waals surface area contributed by atoms with Gasteiger partial charge < -0.3 is 10.6 Å². The lowest BCUT2D eigenvalue weighted by Crippen LogP contribution is -2.28. The van der Waals surface area contributed by atoms with Crippen LogP contribution in [0.5, 0.6) is 0 Å². The van der Waals surface area contributed by atoms with Crippen molar-refractivity contribution in [3.8, 4) is 0 Å². The van der Waals surface area contributed by atoms with Crippen molar-refractivity contribution >= 4 is 17.5 Å². The quantitative estimate of drug-likeness (QED) is 0.854. The summed E-state index contributed by atoms with van der Waals surface area (Å²) >= 11 is 0. The van der Waals surface area contributed by atoms with E-state index in [9.17, 15) is 9.59 Å². The van der Waals surface area contributed by atoms with Crippen LogP contribution in [0.1, 0.15) is 40.7 Å². The fourth-order valence-corrected chi connectivity index (χ4v) is 2.21. The summed E-state index contributed by atoms with van der Waals surface area (Å²) in [6, 6.07) is 5.84. The predicted octanol–water partition coefficient (Wildman–Crippen LogP) is 2.41. The SMILES string of the molecule is CCc1ncc(C(=O)NCCC(=O)Nc2ccc(C)cc2C)cn1. The number of nitrogens with zero attached hydrogens (tertiary/aromatic N) is 2. The molecule has 126 valence electrons. The molecule has 2 rings (SSSR count). The molecule has 1 aromatic heterocycles. The monoisotopic (exact) mass is 326 g/mol. The van der Waals surface area contributed by atoms with Gasteiger partial charge in [-0.3, -0.25) is 9.59 Å². The van der Waals surface area contributed by atoms with Crippen LogP contribution in [0.25, 0.3) is 0 Å². The second-order valence-corrected chi connectivity index (χ2v) is 5.61. The number of anilines is 1. The molecule has 0 bridgehead atoms. The first-order valence-corrected chi connectivity index (χ1v) is 7.96. The number of rotatable bonds is 6. The van der Waals surface area contributed by atoms with Crippen LogP contribution < -0.4 is 10.6 Å². The van der Waals surface area contributed by atoms with E-state index in [4.69, 9.17) is 0 Å². The highest BCUT2D eigenvalue weighted by molar-refractivity contribution is 5.95. The molecule has 24 heavy (non-hydrogen) atoms. The summed E-state index contributed by atoms with van der Waals surface area (Å²) < 4.78 is 0. The minimum absolute atomic E-state index is 0.139. The van der Waals surface area contributed by atoms with Gasteiger partial charge in [-0.1, -0.05) is 24.6 Å². The van der Waals surface area contributed by atoms with Crippen LogP contribution in [0.3, 0.4) is 0 Å². The van der Waals surface area contributed by atoms with E-state index in [2.05, 4.69) is 20.6 Å². The van der Waals surface area contributed by atoms with Crippen molar-refractivity contribution in [2.75, 3.05) is 11.9 Å². The van der Waals surface area contributed by atoms with Crippen LogP contribution in [0.15, 0.2) is 30.6 Å². The molecule has 2 aromatic rings. The summed E-state index contributed by atoms with van der Waals surface area (Å²) in [6.45, 7) is 6.16. The lowest BCUT2D eigenvalue weighted by molar-refractivity contribution is -0.116. The first-order chi connectivity index (χ1) is 11.5. The highest BCUT2D eigenvalue weighted by atomic mass is 16.2. The van der Waals surface area contributed by atoms with Crippen molar-refractivity contribution in [3.63, 3.8) is 0 Å². The minimum atomic E-state index is -0.281. The van der Waals surface area contributed by atoms with Crippen LogP contribution in [-0.2, 0) is 11.2 Å². The van der Waals surface area contributed by atoms with E-state index >= 15 is 0 Å². The number of hydrogen-bond acceptors (Lipinski definition) is 4. The summed E-state index contributed by atoms with van der Waals surface area (Å²) in [4.78, 5) is 32.1. The summed E-state index contributed by atoms with van der Waals surface area (Å²) in [5.74, 6) is 0.274. The average molecular weight is 326 g/mol. The molecule has 6 heteroatoms. The highest BCUT2D eigenvalue weighted by Gasteiger charge is 2.09. The van der Waals surface area contributed by atoms with Crippen molar-refractivity contribution in [1.82, 2.24) is 15.3 Å². The Balaban J connectivity index is 1.80. The zero-order valence-electron chi connectivity index (χ0n) is 14.2. The lowest BCUT2D eigenvalue weighted by atomic mass is 10.1. The fourth-order valence-electron chi connectivity index (χ4n) is 2.21. The van der Waals surface area contributed by atoms with Crippen molar-refractivity contribution in [2.24, 2.45) is 0 Å². The largest absolute Gasteiger partial charge is 0.351 e. The fraction of sp³-hybridized carbons (Fsp3) is 0.333. The Morgan fingerprint density at radius 3 is 2.46 bits per heavy atom. The van der Waals surface area contributed by atoms with Crippen LogP contribution in [0, 0.1) is 13.8 Å². The number of carbonyl (C=O) groups is 2. The van der Waals surface area contributed by atoms with Gasteiger partial charge in [0, 0.05) is 37.5 Å². The molecule has 0 fully saturated rings. The summed E-state index contributed by atoms with van der Waals surface area (Å²) in [5, 5.41) is 5.55. The summed E-state index contributed by atoms with van der Waals surface area (Å²) in [5.41, 5.74) is 3.34. The number of hydrogen-bond donors (Lipinski definition) is 2. The maximum atomic E-state index is 12.0. The zero-order valence-corrected chi connectivity index (χ0v) is 14.2. The van der Waals surface area contributed by atoms with Gasteiger partial charge in [-0.25, -0.2) is 9.97 Å². The Kier molecular flexibility index (Phi) is 6.01. The maximum Gasteiger partial charge on any atom is 0.254 e. The Hall–Kier alpha value is -2.76. The Labute approximate surface area is 141 Å². The molecule has 1 heterocycles. The van der Waals surface area contributed by atoms with Crippen LogP contribution in [0.4, 0.5) is 5.69 Å². The van der Waals surface area contributed by atoms with E-state index in [1.807, 2.05) is 39.0 Å². The number of aryl methyl sites for hydroxylation is 3. The predicted molar refractivity (Wildman–Crippen MR) is 92.9 cm³/mol. The highest BCUT2D eigenvalue weighted by Crippen LogP contribution is 2.16. The van der Waals surface area contributed by atoms with E-state index in [0.717, 1.165) is 23.2 Å². The molecule has 0 saturated heterocycles. The number of nitrogens with one attached hydrogen (secondary N) is 2. The number of benzene rings is 1. The standard InChI is InChI=1S/C18H22N4O2/c1-4-16-20-10-14(11-21-16)18(24)19-8-7-17(23)22-15-6-5-12(2)9-13(15)3/h5-6,9-11H,4,7-8H2,1-3H3,(H,19,24)(H,22,23). The van der Waals surface area contributed by atoms with Crippen molar-refractivity contribution in [1.29, 1.82) is 0 Å². The molecule has 0 aliphatic carbocycles. The van der Waals surface area contributed by atoms with Crippen molar-refractivity contribution in [2.45, 2.75) is 33.6 Å². The van der Waals surface area contributed by atoms with Gasteiger partial charge >= 0.3 is 0 Å². The molecule has 0 atom stereocenters. The van der Waals surface area contributed by atoms with Crippen LogP contribution >= 0.6 is 0 Å². The zero-order chi connectivity index (χ0) is 17.5. The third-order valence-electron chi connectivity index (χ3n) is 3.58. The molecular weight excluding hydrogens is 304 g/mol. The van der Waals surface area contributed by atoms with Gasteiger partial charge in [-0.15, -0.1) is 0 Å². The molecule has 2 amide bonds. The molecule has 0 spiro atoms. The molecule has 2 N–H and O–H groups in total. The second kappa shape index (κ2) is 8.19. The van der Waals surface area contributed by atoms with Gasteiger partial charge in [-0.2, -0.15) is 0 Å². The van der Waals surface area contributed by atoms with E-state index in [1.165, 1.54) is 12.4 Å². The van der Waals surface area contributed by atoms with Gasteiger partial charge in [0.2, 0.25) is 5.91 Å². The Morgan fingerprint density at radius 2 is 1.83 bits per heavy atom. The van der Waals surface area contributed by atoms with Gasteiger partial charge in [0.25, 0.3) is 5.91 Å². The molecule has 1 aromatic carbocycles. The number of carbonyl (C=O) groups excluding carboxylic acids is 2. The van der Waals surface area contributed by atoms with Crippen molar-refractivity contribution in [3.05, 3.63) is 53.1 Å². The van der Waals surface area contributed by atoms with Crippen LogP contribution in [-0.4, -0.2) is 28.3 Å². The number of amides is 2. The van der Waals surface area contributed by atoms with Gasteiger partial charge in [-0.05, 0) is 25.5 Å². The Bertz CT molecular complexity index is 726. The molecule has 0 aliphatic rings. The first kappa shape index (κ1) is 17.6. The first-order valence-electron chi connectivity index (χ1n) is 7.96. The minimum Gasteiger partial charge on any atom is -0.351 e. The average Bonchev–Trinajstić information content (AvgIpc) is 2.57. The third kappa shape index (κ3) is 4.87. The second-order valence-electron chi connectivity index (χ2n) is 5.61. The molecule has 0 radical (unpaired) electrons. The smallest absolute Gasteiger partial charge is 0.254 e. The van der Waals surface area contributed by atoms with E-state index < -0.39 is 0 Å².